The number of fused-ring (bicyclic) bond motifs is 1. The average molecular weight is 317 g/mol. The molecule has 1 aliphatic rings. The van der Waals surface area contributed by atoms with Crippen LogP contribution in [0.3, 0.4) is 0 Å². The highest BCUT2D eigenvalue weighted by molar-refractivity contribution is 5.92. The molecule has 0 amide bonds. The van der Waals surface area contributed by atoms with Crippen LogP contribution in [-0.2, 0) is 7.05 Å². The number of hydrogen-bond donors (Lipinski definition) is 1. The van der Waals surface area contributed by atoms with Crippen molar-refractivity contribution in [2.24, 2.45) is 12.0 Å². The number of nitrogens with one attached hydrogen (secondary N) is 1. The lowest BCUT2D eigenvalue weighted by Crippen LogP contribution is -2.16. The predicted octanol–water partition coefficient (Wildman–Crippen LogP) is 3.11. The molecule has 0 saturated heterocycles. The van der Waals surface area contributed by atoms with Crippen molar-refractivity contribution in [3.05, 3.63) is 42.0 Å². The summed E-state index contributed by atoms with van der Waals surface area (Å²) in [6.45, 7) is 1.78. The van der Waals surface area contributed by atoms with E-state index in [2.05, 4.69) is 39.2 Å². The summed E-state index contributed by atoms with van der Waals surface area (Å²) in [6, 6.07) is 6.77. The minimum atomic E-state index is 0.541. The van der Waals surface area contributed by atoms with Gasteiger partial charge >= 0.3 is 0 Å². The summed E-state index contributed by atoms with van der Waals surface area (Å²) in [4.78, 5) is 16.8. The van der Waals surface area contributed by atoms with E-state index < -0.39 is 0 Å². The maximum absolute atomic E-state index is 4.71. The predicted molar refractivity (Wildman–Crippen MR) is 93.9 cm³/mol. The first-order valence-electron chi connectivity index (χ1n) is 8.23. The zero-order valence-electron chi connectivity index (χ0n) is 13.9. The van der Waals surface area contributed by atoms with Crippen LogP contribution in [-0.4, -0.2) is 19.5 Å². The molecule has 3 heterocycles. The van der Waals surface area contributed by atoms with Gasteiger partial charge in [-0.25, -0.2) is 9.97 Å². The lowest BCUT2D eigenvalue weighted by Gasteiger charge is -2.23. The van der Waals surface area contributed by atoms with Gasteiger partial charge in [-0.2, -0.15) is 4.99 Å². The van der Waals surface area contributed by atoms with Gasteiger partial charge in [-0.15, -0.1) is 0 Å². The maximum atomic E-state index is 4.71. The lowest BCUT2D eigenvalue weighted by atomic mass is 9.85. The fraction of sp³-hybridized carbons (Fsp3) is 0.316. The molecule has 1 N–H and O–H groups in total. The number of nitrogens with zero attached hydrogens (tertiary/aromatic N) is 4. The molecular formula is C19H19N5. The molecule has 3 aromatic rings. The molecule has 0 aliphatic heterocycles. The van der Waals surface area contributed by atoms with Gasteiger partial charge in [0.2, 0.25) is 0 Å². The second kappa shape index (κ2) is 5.97. The summed E-state index contributed by atoms with van der Waals surface area (Å²) in [5, 5.41) is 1.05. The van der Waals surface area contributed by atoms with Gasteiger partial charge < -0.3 is 9.55 Å². The molecule has 1 fully saturated rings. The number of rotatable bonds is 2. The van der Waals surface area contributed by atoms with Gasteiger partial charge in [-0.05, 0) is 31.9 Å². The highest BCUT2D eigenvalue weighted by Crippen LogP contribution is 2.35. The Morgan fingerprint density at radius 2 is 2.21 bits per heavy atom. The van der Waals surface area contributed by atoms with Crippen molar-refractivity contribution in [3.63, 3.8) is 0 Å². The largest absolute Gasteiger partial charge is 0.345 e. The third-order valence-corrected chi connectivity index (χ3v) is 4.62. The highest BCUT2D eigenvalue weighted by atomic mass is 15.0. The summed E-state index contributed by atoms with van der Waals surface area (Å²) in [5.74, 6) is 4.30. The Balaban J connectivity index is 1.76. The Bertz CT molecular complexity index is 1030. The van der Waals surface area contributed by atoms with E-state index in [1.165, 1.54) is 19.3 Å². The van der Waals surface area contributed by atoms with Gasteiger partial charge in [0, 0.05) is 54.1 Å². The van der Waals surface area contributed by atoms with Crippen LogP contribution in [0.5, 0.6) is 0 Å². The molecule has 0 bridgehead atoms. The van der Waals surface area contributed by atoms with Crippen molar-refractivity contribution >= 4 is 11.0 Å². The average Bonchev–Trinajstić information content (AvgIpc) is 2.95. The molecular weight excluding hydrogens is 298 g/mol. The van der Waals surface area contributed by atoms with Crippen LogP contribution < -0.4 is 5.49 Å². The topological polar surface area (TPSA) is 58.9 Å². The van der Waals surface area contributed by atoms with Crippen LogP contribution in [0.4, 0.5) is 0 Å². The quantitative estimate of drug-likeness (QED) is 0.738. The second-order valence-corrected chi connectivity index (χ2v) is 6.18. The third-order valence-electron chi connectivity index (χ3n) is 4.62. The van der Waals surface area contributed by atoms with Gasteiger partial charge in [0.15, 0.2) is 0 Å². The fourth-order valence-electron chi connectivity index (χ4n) is 3.01. The van der Waals surface area contributed by atoms with E-state index in [0.29, 0.717) is 5.92 Å². The van der Waals surface area contributed by atoms with Gasteiger partial charge in [0.05, 0.1) is 0 Å². The van der Waals surface area contributed by atoms with E-state index in [-0.39, 0.29) is 0 Å². The van der Waals surface area contributed by atoms with Gasteiger partial charge in [-0.1, -0.05) is 12.3 Å². The van der Waals surface area contributed by atoms with E-state index in [4.69, 9.17) is 4.98 Å². The third kappa shape index (κ3) is 2.50. The SMILES string of the molecule is CC#C/N=c1/ccc(-c2c[nH]c3nc(C4CCC4)ncc23)cn1C. The van der Waals surface area contributed by atoms with Crippen molar-refractivity contribution in [1.82, 2.24) is 19.5 Å². The lowest BCUT2D eigenvalue weighted by molar-refractivity contribution is 0.402. The first-order chi connectivity index (χ1) is 11.8. The van der Waals surface area contributed by atoms with Crippen molar-refractivity contribution < 1.29 is 0 Å². The highest BCUT2D eigenvalue weighted by Gasteiger charge is 2.22. The first kappa shape index (κ1) is 14.7. The van der Waals surface area contributed by atoms with Crippen LogP contribution in [0.2, 0.25) is 0 Å². The summed E-state index contributed by atoms with van der Waals surface area (Å²) in [6.07, 6.45) is 9.71. The van der Waals surface area contributed by atoms with E-state index >= 15 is 0 Å². The molecule has 1 saturated carbocycles. The van der Waals surface area contributed by atoms with Crippen LogP contribution in [0.15, 0.2) is 35.7 Å². The zero-order valence-corrected chi connectivity index (χ0v) is 13.9. The standard InChI is InChI=1S/C19H19N5/c1-3-9-20-17-8-7-14(12-24(17)2)15-10-22-19-16(15)11-21-18(23-19)13-5-4-6-13/h7-8,10-13H,4-6H2,1-2H3,(H,21,22,23)/b20-17-. The number of aromatic nitrogens is 4. The van der Waals surface area contributed by atoms with E-state index in [0.717, 1.165) is 33.5 Å². The smallest absolute Gasteiger partial charge is 0.142 e. The zero-order chi connectivity index (χ0) is 16.5. The van der Waals surface area contributed by atoms with Gasteiger partial charge in [0.1, 0.15) is 17.0 Å². The maximum Gasteiger partial charge on any atom is 0.142 e. The molecule has 4 rings (SSSR count). The van der Waals surface area contributed by atoms with Crippen LogP contribution in [0.25, 0.3) is 22.2 Å². The molecule has 0 radical (unpaired) electrons. The minimum Gasteiger partial charge on any atom is -0.345 e. The monoisotopic (exact) mass is 317 g/mol. The fourth-order valence-corrected chi connectivity index (χ4v) is 3.01. The molecule has 5 nitrogen and oxygen atoms in total. The minimum absolute atomic E-state index is 0.541. The summed E-state index contributed by atoms with van der Waals surface area (Å²) >= 11 is 0. The number of aryl methyl sites for hydroxylation is 1. The number of pyridine rings is 1. The molecule has 0 unspecified atom stereocenters. The van der Waals surface area contributed by atoms with Crippen LogP contribution in [0, 0.1) is 12.0 Å². The first-order valence-corrected chi connectivity index (χ1v) is 8.23. The van der Waals surface area contributed by atoms with Gasteiger partial charge in [0.25, 0.3) is 0 Å². The van der Waals surface area contributed by atoms with Crippen molar-refractivity contribution in [3.8, 4) is 23.1 Å². The summed E-state index contributed by atoms with van der Waals surface area (Å²) in [7, 11) is 1.97. The number of H-pyrrole nitrogens is 1. The molecule has 120 valence electrons. The van der Waals surface area contributed by atoms with Crippen LogP contribution >= 0.6 is 0 Å². The molecule has 1 aliphatic carbocycles. The van der Waals surface area contributed by atoms with E-state index in [1.807, 2.05) is 30.1 Å². The van der Waals surface area contributed by atoms with E-state index in [9.17, 15) is 0 Å². The Morgan fingerprint density at radius 1 is 1.33 bits per heavy atom. The molecule has 3 aromatic heterocycles. The summed E-state index contributed by atoms with van der Waals surface area (Å²) in [5.41, 5.74) is 3.95. The Morgan fingerprint density at radius 3 is 2.92 bits per heavy atom. The van der Waals surface area contributed by atoms with Crippen molar-refractivity contribution in [2.75, 3.05) is 0 Å². The molecule has 24 heavy (non-hydrogen) atoms. The van der Waals surface area contributed by atoms with Crippen molar-refractivity contribution in [1.29, 1.82) is 0 Å². The summed E-state index contributed by atoms with van der Waals surface area (Å²) < 4.78 is 1.97. The van der Waals surface area contributed by atoms with Gasteiger partial charge in [-0.3, -0.25) is 0 Å². The Labute approximate surface area is 140 Å². The normalized spacial score (nSPS) is 15.2. The number of hydrogen-bond acceptors (Lipinski definition) is 3. The molecule has 5 heteroatoms. The second-order valence-electron chi connectivity index (χ2n) is 6.18. The molecule has 0 aromatic carbocycles. The Kier molecular flexibility index (Phi) is 3.66. The molecule has 0 spiro atoms. The molecule has 0 atom stereocenters. The van der Waals surface area contributed by atoms with Crippen molar-refractivity contribution in [2.45, 2.75) is 32.1 Å². The number of aromatic amines is 1. The van der Waals surface area contributed by atoms with Crippen LogP contribution in [0.1, 0.15) is 37.9 Å². The van der Waals surface area contributed by atoms with E-state index in [1.54, 1.807) is 6.92 Å². The Hall–Kier alpha value is -2.87.